The fourth-order valence-corrected chi connectivity index (χ4v) is 2.53. The summed E-state index contributed by atoms with van der Waals surface area (Å²) in [7, 11) is 0. The van der Waals surface area contributed by atoms with Crippen molar-refractivity contribution >= 4 is 23.3 Å². The number of hydrogen-bond acceptors (Lipinski definition) is 3. The third kappa shape index (κ3) is 2.58. The SMILES string of the molecule is CCNC(=O)N1CCc2ccc(NC(=O)C3(N)CC3)cc21. The number of fused-ring (bicyclic) bond motifs is 1. The number of benzene rings is 1. The molecule has 1 aliphatic heterocycles. The second-order valence-electron chi connectivity index (χ2n) is 5.69. The average molecular weight is 288 g/mol. The molecule has 1 fully saturated rings. The number of nitrogens with one attached hydrogen (secondary N) is 2. The van der Waals surface area contributed by atoms with Gasteiger partial charge in [-0.15, -0.1) is 0 Å². The molecule has 0 radical (unpaired) electrons. The van der Waals surface area contributed by atoms with Crippen molar-refractivity contribution in [3.63, 3.8) is 0 Å². The Morgan fingerprint density at radius 3 is 2.81 bits per heavy atom. The first-order valence-electron chi connectivity index (χ1n) is 7.32. The molecule has 0 unspecified atom stereocenters. The molecular weight excluding hydrogens is 268 g/mol. The molecular formula is C15H20N4O2. The Morgan fingerprint density at radius 2 is 2.14 bits per heavy atom. The van der Waals surface area contributed by atoms with Crippen molar-refractivity contribution in [3.8, 4) is 0 Å². The maximum atomic E-state index is 12.0. The molecule has 21 heavy (non-hydrogen) atoms. The lowest BCUT2D eigenvalue weighted by molar-refractivity contribution is -0.118. The molecule has 112 valence electrons. The maximum absolute atomic E-state index is 12.0. The standard InChI is InChI=1S/C15H20N4O2/c1-2-17-14(21)19-8-5-10-3-4-11(9-12(10)19)18-13(20)15(16)6-7-15/h3-4,9H,2,5-8,16H2,1H3,(H,17,21)(H,18,20). The minimum absolute atomic E-state index is 0.0998. The minimum atomic E-state index is -0.696. The number of hydrogen-bond donors (Lipinski definition) is 3. The lowest BCUT2D eigenvalue weighted by Crippen LogP contribution is -2.39. The summed E-state index contributed by atoms with van der Waals surface area (Å²) >= 11 is 0. The van der Waals surface area contributed by atoms with E-state index < -0.39 is 5.54 Å². The van der Waals surface area contributed by atoms with Gasteiger partial charge >= 0.3 is 6.03 Å². The maximum Gasteiger partial charge on any atom is 0.321 e. The number of anilines is 2. The van der Waals surface area contributed by atoms with Gasteiger partial charge in [-0.25, -0.2) is 4.79 Å². The summed E-state index contributed by atoms with van der Waals surface area (Å²) in [5, 5.41) is 5.65. The molecule has 3 rings (SSSR count). The predicted octanol–water partition coefficient (Wildman–Crippen LogP) is 1.21. The zero-order valence-electron chi connectivity index (χ0n) is 12.1. The second-order valence-corrected chi connectivity index (χ2v) is 5.69. The van der Waals surface area contributed by atoms with Crippen LogP contribution in [0.3, 0.4) is 0 Å². The van der Waals surface area contributed by atoms with E-state index in [0.717, 1.165) is 30.5 Å². The molecule has 1 heterocycles. The van der Waals surface area contributed by atoms with Gasteiger partial charge < -0.3 is 16.4 Å². The third-order valence-corrected chi connectivity index (χ3v) is 4.05. The van der Waals surface area contributed by atoms with Gasteiger partial charge in [-0.3, -0.25) is 9.69 Å². The van der Waals surface area contributed by atoms with Crippen molar-refractivity contribution in [3.05, 3.63) is 23.8 Å². The highest BCUT2D eigenvalue weighted by Crippen LogP contribution is 2.35. The third-order valence-electron chi connectivity index (χ3n) is 4.05. The predicted molar refractivity (Wildman–Crippen MR) is 81.3 cm³/mol. The van der Waals surface area contributed by atoms with Crippen molar-refractivity contribution in [2.75, 3.05) is 23.3 Å². The Morgan fingerprint density at radius 1 is 1.38 bits per heavy atom. The highest BCUT2D eigenvalue weighted by Gasteiger charge is 2.46. The summed E-state index contributed by atoms with van der Waals surface area (Å²) < 4.78 is 0. The quantitative estimate of drug-likeness (QED) is 0.781. The topological polar surface area (TPSA) is 87.5 Å². The summed E-state index contributed by atoms with van der Waals surface area (Å²) in [6, 6.07) is 5.57. The van der Waals surface area contributed by atoms with E-state index in [2.05, 4.69) is 10.6 Å². The van der Waals surface area contributed by atoms with Crippen molar-refractivity contribution in [2.45, 2.75) is 31.7 Å². The minimum Gasteiger partial charge on any atom is -0.338 e. The summed E-state index contributed by atoms with van der Waals surface area (Å²) in [5.74, 6) is -0.148. The lowest BCUT2D eigenvalue weighted by atomic mass is 10.1. The summed E-state index contributed by atoms with van der Waals surface area (Å²) in [5.41, 5.74) is 7.85. The van der Waals surface area contributed by atoms with Crippen LogP contribution in [0, 0.1) is 0 Å². The van der Waals surface area contributed by atoms with Crippen molar-refractivity contribution < 1.29 is 9.59 Å². The molecule has 6 heteroatoms. The number of urea groups is 1. The Bertz CT molecular complexity index is 595. The van der Waals surface area contributed by atoms with Crippen LogP contribution in [0.2, 0.25) is 0 Å². The van der Waals surface area contributed by atoms with Gasteiger partial charge in [-0.2, -0.15) is 0 Å². The molecule has 6 nitrogen and oxygen atoms in total. The average Bonchev–Trinajstić information content (AvgIpc) is 3.07. The van der Waals surface area contributed by atoms with Crippen LogP contribution in [-0.2, 0) is 11.2 Å². The molecule has 2 aliphatic rings. The summed E-state index contributed by atoms with van der Waals surface area (Å²) in [4.78, 5) is 25.7. The van der Waals surface area contributed by atoms with Gasteiger partial charge in [0.15, 0.2) is 0 Å². The number of nitrogens with zero attached hydrogens (tertiary/aromatic N) is 1. The Labute approximate surface area is 123 Å². The Kier molecular flexibility index (Phi) is 3.33. The molecule has 1 aliphatic carbocycles. The summed E-state index contributed by atoms with van der Waals surface area (Å²) in [6.07, 6.45) is 2.30. The number of nitrogens with two attached hydrogens (primary N) is 1. The van der Waals surface area contributed by atoms with E-state index in [1.54, 1.807) is 4.90 Å². The molecule has 1 saturated carbocycles. The van der Waals surface area contributed by atoms with Crippen LogP contribution >= 0.6 is 0 Å². The Hall–Kier alpha value is -2.08. The van der Waals surface area contributed by atoms with Crippen LogP contribution in [0.25, 0.3) is 0 Å². The van der Waals surface area contributed by atoms with Crippen molar-refractivity contribution in [1.82, 2.24) is 5.32 Å². The number of rotatable bonds is 3. The normalized spacial score (nSPS) is 18.1. The van der Waals surface area contributed by atoms with Crippen molar-refractivity contribution in [2.24, 2.45) is 5.73 Å². The molecule has 0 bridgehead atoms. The van der Waals surface area contributed by atoms with E-state index in [0.29, 0.717) is 18.8 Å². The van der Waals surface area contributed by atoms with E-state index in [9.17, 15) is 9.59 Å². The van der Waals surface area contributed by atoms with Gasteiger partial charge in [0.25, 0.3) is 0 Å². The van der Waals surface area contributed by atoms with Gasteiger partial charge in [0.1, 0.15) is 0 Å². The number of amides is 3. The molecule has 4 N–H and O–H groups in total. The number of carbonyl (C=O) groups is 2. The van der Waals surface area contributed by atoms with Gasteiger partial charge in [0.2, 0.25) is 5.91 Å². The monoisotopic (exact) mass is 288 g/mol. The zero-order chi connectivity index (χ0) is 15.0. The molecule has 0 atom stereocenters. The van der Waals surface area contributed by atoms with E-state index >= 15 is 0 Å². The zero-order valence-corrected chi connectivity index (χ0v) is 12.1. The number of carbonyl (C=O) groups excluding carboxylic acids is 2. The van der Waals surface area contributed by atoms with Gasteiger partial charge in [0.05, 0.1) is 11.2 Å². The van der Waals surface area contributed by atoms with Crippen LogP contribution in [0.4, 0.5) is 16.2 Å². The van der Waals surface area contributed by atoms with E-state index in [1.165, 1.54) is 0 Å². The first kappa shape index (κ1) is 13.9. The summed E-state index contributed by atoms with van der Waals surface area (Å²) in [6.45, 7) is 3.15. The smallest absolute Gasteiger partial charge is 0.321 e. The lowest BCUT2D eigenvalue weighted by Gasteiger charge is -2.18. The van der Waals surface area contributed by atoms with Gasteiger partial charge in [-0.05, 0) is 43.9 Å². The van der Waals surface area contributed by atoms with Crippen LogP contribution < -0.4 is 21.3 Å². The molecule has 1 aromatic rings. The van der Waals surface area contributed by atoms with Crippen LogP contribution in [-0.4, -0.2) is 30.6 Å². The van der Waals surface area contributed by atoms with E-state index in [-0.39, 0.29) is 11.9 Å². The molecule has 1 aromatic carbocycles. The van der Waals surface area contributed by atoms with E-state index in [1.807, 2.05) is 25.1 Å². The molecule has 0 spiro atoms. The Balaban J connectivity index is 1.78. The molecule has 0 saturated heterocycles. The molecule has 0 aromatic heterocycles. The first-order chi connectivity index (χ1) is 10.0. The molecule has 3 amide bonds. The highest BCUT2D eigenvalue weighted by molar-refractivity contribution is 6.01. The van der Waals surface area contributed by atoms with Crippen LogP contribution in [0.15, 0.2) is 18.2 Å². The largest absolute Gasteiger partial charge is 0.338 e. The second kappa shape index (κ2) is 5.04. The van der Waals surface area contributed by atoms with Gasteiger partial charge in [0, 0.05) is 18.8 Å². The highest BCUT2D eigenvalue weighted by atomic mass is 16.2. The van der Waals surface area contributed by atoms with Crippen LogP contribution in [0.1, 0.15) is 25.3 Å². The van der Waals surface area contributed by atoms with Crippen molar-refractivity contribution in [1.29, 1.82) is 0 Å². The van der Waals surface area contributed by atoms with Gasteiger partial charge in [-0.1, -0.05) is 6.07 Å². The first-order valence-corrected chi connectivity index (χ1v) is 7.32. The van der Waals surface area contributed by atoms with Crippen LogP contribution in [0.5, 0.6) is 0 Å². The fourth-order valence-electron chi connectivity index (χ4n) is 2.53. The van der Waals surface area contributed by atoms with E-state index in [4.69, 9.17) is 5.73 Å². The fraction of sp³-hybridized carbons (Fsp3) is 0.467.